The summed E-state index contributed by atoms with van der Waals surface area (Å²) in [5.41, 5.74) is 3.07. The Hall–Kier alpha value is -3.52. The molecule has 160 valence electrons. The smallest absolute Gasteiger partial charge is 0.337 e. The third kappa shape index (κ3) is 4.80. The zero-order chi connectivity index (χ0) is 21.8. The fourth-order valence-electron chi connectivity index (χ4n) is 3.48. The van der Waals surface area contributed by atoms with Crippen molar-refractivity contribution in [3.05, 3.63) is 66.1 Å². The molecule has 0 aliphatic carbocycles. The largest absolute Gasteiger partial charge is 0.465 e. The first-order valence-corrected chi connectivity index (χ1v) is 9.98. The van der Waals surface area contributed by atoms with Gasteiger partial charge >= 0.3 is 5.97 Å². The number of nitrogens with one attached hydrogen (secondary N) is 1. The van der Waals surface area contributed by atoms with E-state index in [0.29, 0.717) is 48.3 Å². The quantitative estimate of drug-likeness (QED) is 0.622. The fraction of sp³-hybridized carbons (Fsp3) is 0.261. The lowest BCUT2D eigenvalue weighted by atomic mass is 10.1. The van der Waals surface area contributed by atoms with Crippen molar-refractivity contribution in [1.29, 1.82) is 0 Å². The van der Waals surface area contributed by atoms with E-state index in [1.165, 1.54) is 13.2 Å². The van der Waals surface area contributed by atoms with E-state index < -0.39 is 5.97 Å². The molecule has 2 heterocycles. The number of halogens is 1. The van der Waals surface area contributed by atoms with Gasteiger partial charge in [0.15, 0.2) is 0 Å². The highest BCUT2D eigenvalue weighted by Crippen LogP contribution is 2.26. The number of anilines is 3. The van der Waals surface area contributed by atoms with Gasteiger partial charge in [-0.15, -0.1) is 0 Å². The Bertz CT molecular complexity index is 1070. The van der Waals surface area contributed by atoms with Gasteiger partial charge in [0, 0.05) is 30.5 Å². The second kappa shape index (κ2) is 9.09. The number of nitrogens with zero attached hydrogens (tertiary/aromatic N) is 3. The van der Waals surface area contributed by atoms with Gasteiger partial charge in [0.25, 0.3) is 0 Å². The molecule has 1 aromatic heterocycles. The van der Waals surface area contributed by atoms with Crippen LogP contribution in [0.4, 0.5) is 21.7 Å². The Labute approximate surface area is 179 Å². The molecule has 3 aromatic rings. The predicted octanol–water partition coefficient (Wildman–Crippen LogP) is 4.04. The number of morpholine rings is 1. The van der Waals surface area contributed by atoms with Gasteiger partial charge in [0.2, 0.25) is 5.95 Å². The van der Waals surface area contributed by atoms with Crippen LogP contribution in [-0.2, 0) is 9.47 Å². The Balaban J connectivity index is 1.50. The second-order valence-corrected chi connectivity index (χ2v) is 7.25. The van der Waals surface area contributed by atoms with E-state index in [1.807, 2.05) is 11.8 Å². The molecule has 1 aliphatic heterocycles. The van der Waals surface area contributed by atoms with Crippen molar-refractivity contribution < 1.29 is 18.7 Å². The third-order valence-corrected chi connectivity index (χ3v) is 5.04. The maximum absolute atomic E-state index is 14.7. The summed E-state index contributed by atoms with van der Waals surface area (Å²) in [5.74, 6) is -0.357. The minimum absolute atomic E-state index is 0.0729. The van der Waals surface area contributed by atoms with Crippen molar-refractivity contribution in [3.8, 4) is 11.3 Å². The Morgan fingerprint density at radius 3 is 2.74 bits per heavy atom. The Morgan fingerprint density at radius 1 is 1.23 bits per heavy atom. The van der Waals surface area contributed by atoms with Crippen LogP contribution in [0.25, 0.3) is 11.3 Å². The molecule has 2 aromatic carbocycles. The maximum atomic E-state index is 14.7. The van der Waals surface area contributed by atoms with Crippen LogP contribution in [-0.4, -0.2) is 48.8 Å². The first-order valence-electron chi connectivity index (χ1n) is 9.98. The number of aromatic nitrogens is 2. The van der Waals surface area contributed by atoms with Crippen LogP contribution in [0.1, 0.15) is 17.3 Å². The summed E-state index contributed by atoms with van der Waals surface area (Å²) < 4.78 is 25.0. The number of carbonyl (C=O) groups excluding carboxylic acids is 1. The molecule has 7 nitrogen and oxygen atoms in total. The molecular formula is C23H23FN4O3. The van der Waals surface area contributed by atoms with Crippen molar-refractivity contribution in [1.82, 2.24) is 9.97 Å². The Kier molecular flexibility index (Phi) is 6.08. The van der Waals surface area contributed by atoms with Gasteiger partial charge in [-0.2, -0.15) is 0 Å². The molecule has 31 heavy (non-hydrogen) atoms. The molecule has 0 radical (unpaired) electrons. The molecule has 1 aliphatic rings. The zero-order valence-corrected chi connectivity index (χ0v) is 17.3. The molecule has 0 spiro atoms. The van der Waals surface area contributed by atoms with E-state index in [0.717, 1.165) is 5.56 Å². The molecule has 1 unspecified atom stereocenters. The highest BCUT2D eigenvalue weighted by molar-refractivity contribution is 5.89. The molecule has 1 fully saturated rings. The first-order chi connectivity index (χ1) is 15.0. The first kappa shape index (κ1) is 20.7. The van der Waals surface area contributed by atoms with Crippen LogP contribution >= 0.6 is 0 Å². The van der Waals surface area contributed by atoms with Crippen LogP contribution in [0.5, 0.6) is 0 Å². The third-order valence-electron chi connectivity index (χ3n) is 5.04. The van der Waals surface area contributed by atoms with Crippen molar-refractivity contribution in [2.24, 2.45) is 0 Å². The van der Waals surface area contributed by atoms with Crippen molar-refractivity contribution >= 4 is 23.3 Å². The topological polar surface area (TPSA) is 76.6 Å². The summed E-state index contributed by atoms with van der Waals surface area (Å²) >= 11 is 0. The maximum Gasteiger partial charge on any atom is 0.337 e. The van der Waals surface area contributed by atoms with Crippen molar-refractivity contribution in [2.75, 3.05) is 37.0 Å². The lowest BCUT2D eigenvalue weighted by molar-refractivity contribution is 0.0530. The fourth-order valence-corrected chi connectivity index (χ4v) is 3.48. The number of hydrogen-bond donors (Lipinski definition) is 1. The minimum Gasteiger partial charge on any atom is -0.465 e. The van der Waals surface area contributed by atoms with E-state index in [-0.39, 0.29) is 11.9 Å². The average Bonchev–Trinajstić information content (AvgIpc) is 2.79. The highest BCUT2D eigenvalue weighted by atomic mass is 19.1. The standard InChI is InChI=1S/C23H23FN4O3/c1-15-14-28(11-12-31-15)21-8-7-18(13-19(21)24)26-23-25-10-9-20(27-23)16-3-5-17(6-4-16)22(29)30-2/h3-10,13,15H,11-12,14H2,1-2H3,(H,25,26,27). The summed E-state index contributed by atoms with van der Waals surface area (Å²) in [7, 11) is 1.34. The van der Waals surface area contributed by atoms with Crippen LogP contribution in [0.3, 0.4) is 0 Å². The predicted molar refractivity (Wildman–Crippen MR) is 116 cm³/mol. The summed E-state index contributed by atoms with van der Waals surface area (Å²) in [6.45, 7) is 3.88. The SMILES string of the molecule is COC(=O)c1ccc(-c2ccnc(Nc3ccc(N4CCOC(C)C4)c(F)c3)n2)cc1. The van der Waals surface area contributed by atoms with Gasteiger partial charge in [-0.25, -0.2) is 19.2 Å². The molecule has 1 atom stereocenters. The molecule has 0 bridgehead atoms. The average molecular weight is 422 g/mol. The van der Waals surface area contributed by atoms with E-state index in [2.05, 4.69) is 15.3 Å². The zero-order valence-electron chi connectivity index (χ0n) is 17.3. The molecule has 1 N–H and O–H groups in total. The highest BCUT2D eigenvalue weighted by Gasteiger charge is 2.20. The van der Waals surface area contributed by atoms with Gasteiger partial charge in [-0.05, 0) is 43.3 Å². The number of hydrogen-bond acceptors (Lipinski definition) is 7. The number of rotatable bonds is 5. The van der Waals surface area contributed by atoms with E-state index in [4.69, 9.17) is 9.47 Å². The monoisotopic (exact) mass is 422 g/mol. The van der Waals surface area contributed by atoms with Crippen LogP contribution in [0.15, 0.2) is 54.7 Å². The van der Waals surface area contributed by atoms with Crippen molar-refractivity contribution in [2.45, 2.75) is 13.0 Å². The van der Waals surface area contributed by atoms with E-state index in [1.54, 1.807) is 48.7 Å². The molecule has 4 rings (SSSR count). The number of carbonyl (C=O) groups is 1. The normalized spacial score (nSPS) is 16.1. The van der Waals surface area contributed by atoms with Gasteiger partial charge in [-0.3, -0.25) is 0 Å². The van der Waals surface area contributed by atoms with E-state index >= 15 is 0 Å². The number of methoxy groups -OCH3 is 1. The lowest BCUT2D eigenvalue weighted by Crippen LogP contribution is -2.41. The van der Waals surface area contributed by atoms with Crippen LogP contribution < -0.4 is 10.2 Å². The molecular weight excluding hydrogens is 399 g/mol. The van der Waals surface area contributed by atoms with Crippen molar-refractivity contribution in [3.63, 3.8) is 0 Å². The molecule has 0 saturated carbocycles. The molecule has 1 saturated heterocycles. The number of benzene rings is 2. The lowest BCUT2D eigenvalue weighted by Gasteiger charge is -2.33. The summed E-state index contributed by atoms with van der Waals surface area (Å²) in [5, 5.41) is 3.05. The van der Waals surface area contributed by atoms with E-state index in [9.17, 15) is 9.18 Å². The minimum atomic E-state index is -0.395. The Morgan fingerprint density at radius 2 is 2.03 bits per heavy atom. The van der Waals surface area contributed by atoms with Gasteiger partial charge < -0.3 is 19.7 Å². The molecule has 0 amide bonds. The van der Waals surface area contributed by atoms with Gasteiger partial charge in [0.1, 0.15) is 5.82 Å². The van der Waals surface area contributed by atoms with Gasteiger partial charge in [0.05, 0.1) is 36.8 Å². The van der Waals surface area contributed by atoms with Gasteiger partial charge in [-0.1, -0.05) is 12.1 Å². The molecule has 8 heteroatoms. The summed E-state index contributed by atoms with van der Waals surface area (Å²) in [4.78, 5) is 22.3. The van der Waals surface area contributed by atoms with Crippen LogP contribution in [0.2, 0.25) is 0 Å². The second-order valence-electron chi connectivity index (χ2n) is 7.25. The summed E-state index contributed by atoms with van der Waals surface area (Å²) in [6, 6.07) is 13.7. The number of ether oxygens (including phenoxy) is 2. The summed E-state index contributed by atoms with van der Waals surface area (Å²) in [6.07, 6.45) is 1.70. The number of esters is 1. The van der Waals surface area contributed by atoms with Crippen LogP contribution in [0, 0.1) is 5.82 Å².